The number of carbonyl (C=O) groups excluding carboxylic acids is 2. The van der Waals surface area contributed by atoms with E-state index in [9.17, 15) is 22.8 Å². The fourth-order valence-electron chi connectivity index (χ4n) is 1.82. The minimum absolute atomic E-state index is 0.0534. The first-order valence-electron chi connectivity index (χ1n) is 5.85. The fourth-order valence-corrected chi connectivity index (χ4v) is 1.82. The maximum atomic E-state index is 12.2. The molecule has 0 aliphatic carbocycles. The Labute approximate surface area is 104 Å². The zero-order valence-corrected chi connectivity index (χ0v) is 10.5. The van der Waals surface area contributed by atoms with Crippen LogP contribution >= 0.6 is 0 Å². The van der Waals surface area contributed by atoms with Gasteiger partial charge in [-0.15, -0.1) is 0 Å². The Morgan fingerprint density at radius 2 is 1.50 bits per heavy atom. The van der Waals surface area contributed by atoms with Gasteiger partial charge in [-0.25, -0.2) is 0 Å². The van der Waals surface area contributed by atoms with Crippen LogP contribution in [0.25, 0.3) is 0 Å². The lowest BCUT2D eigenvalue weighted by Gasteiger charge is -2.35. The molecule has 0 unspecified atom stereocenters. The molecule has 1 aliphatic heterocycles. The molecule has 2 amide bonds. The number of hydrogen-bond acceptors (Lipinski definition) is 2. The molecule has 1 aliphatic rings. The van der Waals surface area contributed by atoms with Crippen LogP contribution in [0.2, 0.25) is 0 Å². The first kappa shape index (κ1) is 14.8. The van der Waals surface area contributed by atoms with Crippen molar-refractivity contribution in [3.8, 4) is 0 Å². The molecule has 0 spiro atoms. The van der Waals surface area contributed by atoms with Gasteiger partial charge in [-0.05, 0) is 5.92 Å². The van der Waals surface area contributed by atoms with E-state index in [4.69, 9.17) is 0 Å². The molecule has 4 nitrogen and oxygen atoms in total. The summed E-state index contributed by atoms with van der Waals surface area (Å²) >= 11 is 0. The maximum Gasteiger partial charge on any atom is 0.471 e. The summed E-state index contributed by atoms with van der Waals surface area (Å²) in [5.74, 6) is -1.67. The Bertz CT molecular complexity index is 321. The Hall–Kier alpha value is -1.27. The number of rotatable bonds is 2. The molecule has 18 heavy (non-hydrogen) atoms. The van der Waals surface area contributed by atoms with Crippen LogP contribution < -0.4 is 0 Å². The molecule has 1 rings (SSSR count). The van der Waals surface area contributed by atoms with Gasteiger partial charge in [0.25, 0.3) is 0 Å². The second-order valence-corrected chi connectivity index (χ2v) is 4.77. The summed E-state index contributed by atoms with van der Waals surface area (Å²) < 4.78 is 36.6. The summed E-state index contributed by atoms with van der Waals surface area (Å²) in [5.41, 5.74) is 0. The van der Waals surface area contributed by atoms with Gasteiger partial charge >= 0.3 is 12.1 Å². The predicted molar refractivity (Wildman–Crippen MR) is 58.7 cm³/mol. The molecule has 0 aromatic heterocycles. The molecule has 0 aromatic carbocycles. The van der Waals surface area contributed by atoms with Gasteiger partial charge in [-0.2, -0.15) is 13.2 Å². The van der Waals surface area contributed by atoms with E-state index in [0.717, 1.165) is 4.90 Å². The van der Waals surface area contributed by atoms with E-state index in [2.05, 4.69) is 0 Å². The number of amides is 2. The number of halogens is 3. The van der Waals surface area contributed by atoms with Crippen molar-refractivity contribution >= 4 is 11.8 Å². The average Bonchev–Trinajstić information content (AvgIpc) is 2.26. The number of hydrogen-bond donors (Lipinski definition) is 0. The quantitative estimate of drug-likeness (QED) is 0.755. The van der Waals surface area contributed by atoms with Crippen LogP contribution in [0.15, 0.2) is 0 Å². The zero-order valence-electron chi connectivity index (χ0n) is 10.5. The summed E-state index contributed by atoms with van der Waals surface area (Å²) in [7, 11) is 0. The SMILES string of the molecule is CC(C)CC(=O)N1CCN(C(=O)C(F)(F)F)CC1. The van der Waals surface area contributed by atoms with E-state index in [1.54, 1.807) is 0 Å². The molecule has 7 heteroatoms. The fraction of sp³-hybridized carbons (Fsp3) is 0.818. The average molecular weight is 266 g/mol. The van der Waals surface area contributed by atoms with Crippen molar-refractivity contribution in [3.05, 3.63) is 0 Å². The molecular formula is C11H17F3N2O2. The molecule has 0 N–H and O–H groups in total. The van der Waals surface area contributed by atoms with Gasteiger partial charge in [0.2, 0.25) is 5.91 Å². The number of nitrogens with zero attached hydrogens (tertiary/aromatic N) is 2. The molecular weight excluding hydrogens is 249 g/mol. The Morgan fingerprint density at radius 1 is 1.06 bits per heavy atom. The molecule has 0 saturated carbocycles. The topological polar surface area (TPSA) is 40.6 Å². The number of carbonyl (C=O) groups is 2. The van der Waals surface area contributed by atoms with E-state index in [-0.39, 0.29) is 38.0 Å². The van der Waals surface area contributed by atoms with Gasteiger partial charge in [0.15, 0.2) is 0 Å². The third-order valence-electron chi connectivity index (χ3n) is 2.74. The van der Waals surface area contributed by atoms with Gasteiger partial charge < -0.3 is 9.80 Å². The third-order valence-corrected chi connectivity index (χ3v) is 2.74. The largest absolute Gasteiger partial charge is 0.471 e. The number of alkyl halides is 3. The second-order valence-electron chi connectivity index (χ2n) is 4.77. The van der Waals surface area contributed by atoms with E-state index < -0.39 is 12.1 Å². The summed E-state index contributed by atoms with van der Waals surface area (Å²) in [6.45, 7) is 4.05. The number of piperazine rings is 1. The molecule has 0 radical (unpaired) electrons. The monoisotopic (exact) mass is 266 g/mol. The summed E-state index contributed by atoms with van der Waals surface area (Å²) in [6.07, 6.45) is -4.45. The van der Waals surface area contributed by atoms with Crippen LogP contribution in [-0.4, -0.2) is 54.0 Å². The first-order valence-corrected chi connectivity index (χ1v) is 5.85. The van der Waals surface area contributed by atoms with Gasteiger partial charge in [0.05, 0.1) is 0 Å². The summed E-state index contributed by atoms with van der Waals surface area (Å²) in [6, 6.07) is 0. The van der Waals surface area contributed by atoms with Crippen LogP contribution in [0.1, 0.15) is 20.3 Å². The highest BCUT2D eigenvalue weighted by molar-refractivity contribution is 5.82. The van der Waals surface area contributed by atoms with Crippen molar-refractivity contribution in [1.29, 1.82) is 0 Å². The van der Waals surface area contributed by atoms with Crippen LogP contribution in [0.3, 0.4) is 0 Å². The molecule has 1 heterocycles. The first-order chi connectivity index (χ1) is 8.21. The normalized spacial score (nSPS) is 17.2. The Kier molecular flexibility index (Phi) is 4.59. The maximum absolute atomic E-state index is 12.2. The zero-order chi connectivity index (χ0) is 13.9. The van der Waals surface area contributed by atoms with Crippen LogP contribution in [0.4, 0.5) is 13.2 Å². The summed E-state index contributed by atoms with van der Waals surface area (Å²) in [5, 5.41) is 0. The molecule has 104 valence electrons. The minimum Gasteiger partial charge on any atom is -0.339 e. The van der Waals surface area contributed by atoms with Crippen molar-refractivity contribution in [2.75, 3.05) is 26.2 Å². The molecule has 0 atom stereocenters. The van der Waals surface area contributed by atoms with E-state index in [1.807, 2.05) is 13.8 Å². The van der Waals surface area contributed by atoms with Gasteiger partial charge in [-0.3, -0.25) is 9.59 Å². The molecule has 1 fully saturated rings. The second kappa shape index (κ2) is 5.58. The summed E-state index contributed by atoms with van der Waals surface area (Å²) in [4.78, 5) is 24.9. The van der Waals surface area contributed by atoms with E-state index >= 15 is 0 Å². The Balaban J connectivity index is 2.46. The highest BCUT2D eigenvalue weighted by Crippen LogP contribution is 2.19. The highest BCUT2D eigenvalue weighted by atomic mass is 19.4. The highest BCUT2D eigenvalue weighted by Gasteiger charge is 2.43. The van der Waals surface area contributed by atoms with Gasteiger partial charge in [0.1, 0.15) is 0 Å². The third kappa shape index (κ3) is 3.89. The van der Waals surface area contributed by atoms with Gasteiger partial charge in [0, 0.05) is 32.6 Å². The minimum atomic E-state index is -4.83. The lowest BCUT2D eigenvalue weighted by molar-refractivity contribution is -0.187. The molecule has 1 saturated heterocycles. The lowest BCUT2D eigenvalue weighted by Crippen LogP contribution is -2.53. The molecule has 0 bridgehead atoms. The van der Waals surface area contributed by atoms with Crippen LogP contribution in [0, 0.1) is 5.92 Å². The van der Waals surface area contributed by atoms with Crippen molar-refractivity contribution in [2.24, 2.45) is 5.92 Å². The van der Waals surface area contributed by atoms with Crippen molar-refractivity contribution in [2.45, 2.75) is 26.4 Å². The van der Waals surface area contributed by atoms with Crippen molar-refractivity contribution in [1.82, 2.24) is 9.80 Å². The standard InChI is InChI=1S/C11H17F3N2O2/c1-8(2)7-9(17)15-3-5-16(6-4-15)10(18)11(12,13)14/h8H,3-7H2,1-2H3. The molecule has 0 aromatic rings. The van der Waals surface area contributed by atoms with Gasteiger partial charge in [-0.1, -0.05) is 13.8 Å². The predicted octanol–water partition coefficient (Wildman–Crippen LogP) is 1.27. The van der Waals surface area contributed by atoms with E-state index in [0.29, 0.717) is 6.42 Å². The van der Waals surface area contributed by atoms with E-state index in [1.165, 1.54) is 4.90 Å². The van der Waals surface area contributed by atoms with Crippen molar-refractivity contribution in [3.63, 3.8) is 0 Å². The van der Waals surface area contributed by atoms with Crippen LogP contribution in [0.5, 0.6) is 0 Å². The van der Waals surface area contributed by atoms with Crippen molar-refractivity contribution < 1.29 is 22.8 Å². The lowest BCUT2D eigenvalue weighted by atomic mass is 10.1. The smallest absolute Gasteiger partial charge is 0.339 e. The van der Waals surface area contributed by atoms with Crippen LogP contribution in [-0.2, 0) is 9.59 Å². The Morgan fingerprint density at radius 3 is 1.89 bits per heavy atom.